The number of aromatic nitrogens is 2. The zero-order valence-electron chi connectivity index (χ0n) is 17.7. The first kappa shape index (κ1) is 20.3. The molecule has 9 heteroatoms. The van der Waals surface area contributed by atoms with Gasteiger partial charge in [-0.25, -0.2) is 4.68 Å². The van der Waals surface area contributed by atoms with E-state index in [4.69, 9.17) is 0 Å². The Bertz CT molecular complexity index is 1480. The fraction of sp³-hybridized carbons (Fsp3) is 0.0833. The van der Waals surface area contributed by atoms with Gasteiger partial charge in [0.2, 0.25) is 0 Å². The molecule has 0 fully saturated rings. The van der Waals surface area contributed by atoms with Gasteiger partial charge in [-0.2, -0.15) is 15.2 Å². The number of hydrazone groups is 1. The van der Waals surface area contributed by atoms with Crippen LogP contribution in [-0.4, -0.2) is 37.7 Å². The molecule has 3 aromatic carbocycles. The zero-order chi connectivity index (χ0) is 23.3. The van der Waals surface area contributed by atoms with E-state index in [0.717, 1.165) is 16.4 Å². The summed E-state index contributed by atoms with van der Waals surface area (Å²) in [4.78, 5) is 37.1. The number of hydrogen-bond donors (Lipinski definition) is 0. The Morgan fingerprint density at radius 1 is 0.939 bits per heavy atom. The van der Waals surface area contributed by atoms with Crippen LogP contribution in [0.3, 0.4) is 0 Å². The number of non-ortho nitro benzene ring substituents is 1. The van der Waals surface area contributed by atoms with Crippen LogP contribution in [0.1, 0.15) is 37.7 Å². The minimum atomic E-state index is -0.638. The van der Waals surface area contributed by atoms with Gasteiger partial charge < -0.3 is 0 Å². The Balaban J connectivity index is 1.57. The normalized spacial score (nSPS) is 13.3. The van der Waals surface area contributed by atoms with Crippen LogP contribution in [0.15, 0.2) is 65.8 Å². The van der Waals surface area contributed by atoms with Gasteiger partial charge in [0.05, 0.1) is 44.7 Å². The average molecular weight is 439 g/mol. The molecule has 4 aromatic rings. The molecule has 5 rings (SSSR count). The number of amides is 2. The Labute approximate surface area is 187 Å². The molecule has 33 heavy (non-hydrogen) atoms. The van der Waals surface area contributed by atoms with Crippen molar-refractivity contribution in [2.24, 2.45) is 5.10 Å². The zero-order valence-corrected chi connectivity index (χ0v) is 17.7. The first-order chi connectivity index (χ1) is 15.9. The molecule has 162 valence electrons. The molecule has 0 spiro atoms. The van der Waals surface area contributed by atoms with Crippen molar-refractivity contribution in [3.05, 3.63) is 98.9 Å². The van der Waals surface area contributed by atoms with E-state index < -0.39 is 16.7 Å². The van der Waals surface area contributed by atoms with Crippen molar-refractivity contribution in [3.63, 3.8) is 0 Å². The molecule has 0 saturated carbocycles. The largest absolute Gasteiger partial charge is 0.282 e. The molecule has 0 atom stereocenters. The number of carbonyl (C=O) groups excluding carboxylic acids is 2. The summed E-state index contributed by atoms with van der Waals surface area (Å²) < 4.78 is 1.77. The lowest BCUT2D eigenvalue weighted by Crippen LogP contribution is -2.36. The van der Waals surface area contributed by atoms with E-state index in [9.17, 15) is 19.7 Å². The van der Waals surface area contributed by atoms with Crippen molar-refractivity contribution in [2.75, 3.05) is 0 Å². The quantitative estimate of drug-likeness (QED) is 0.205. The Kier molecular flexibility index (Phi) is 4.59. The predicted molar refractivity (Wildman–Crippen MR) is 122 cm³/mol. The number of nitro groups is 1. The molecule has 2 heterocycles. The minimum Gasteiger partial charge on any atom is -0.267 e. The number of imide groups is 1. The lowest BCUT2D eigenvalue weighted by atomic mass is 9.94. The van der Waals surface area contributed by atoms with Gasteiger partial charge >= 0.3 is 0 Å². The molecule has 1 aliphatic rings. The third-order valence-electron chi connectivity index (χ3n) is 5.71. The Morgan fingerprint density at radius 2 is 1.64 bits per heavy atom. The molecule has 0 saturated heterocycles. The first-order valence-electron chi connectivity index (χ1n) is 10.1. The fourth-order valence-electron chi connectivity index (χ4n) is 4.11. The van der Waals surface area contributed by atoms with Gasteiger partial charge in [-0.15, -0.1) is 0 Å². The molecule has 2 amide bonds. The highest BCUT2D eigenvalue weighted by molar-refractivity contribution is 6.26. The Morgan fingerprint density at radius 3 is 2.33 bits per heavy atom. The van der Waals surface area contributed by atoms with Gasteiger partial charge in [-0.1, -0.05) is 24.3 Å². The van der Waals surface area contributed by atoms with Gasteiger partial charge in [-0.05, 0) is 44.2 Å². The molecule has 9 nitrogen and oxygen atoms in total. The average Bonchev–Trinajstić information content (AvgIpc) is 3.10. The lowest BCUT2D eigenvalue weighted by Gasteiger charge is -2.23. The fourth-order valence-corrected chi connectivity index (χ4v) is 4.11. The third kappa shape index (κ3) is 3.09. The first-order valence-corrected chi connectivity index (χ1v) is 10.1. The van der Waals surface area contributed by atoms with Crippen LogP contribution in [0, 0.1) is 24.0 Å². The van der Waals surface area contributed by atoms with Gasteiger partial charge in [0.25, 0.3) is 17.5 Å². The maximum Gasteiger partial charge on any atom is 0.282 e. The number of carbonyl (C=O) groups is 2. The number of aryl methyl sites for hydroxylation is 1. The lowest BCUT2D eigenvalue weighted by molar-refractivity contribution is -0.383. The standard InChI is InChI=1S/C24H17N5O4/c1-14-20(15(2)27(26-14)16-7-4-3-5-8-16)13-25-28-23(30)18-10-6-9-17-21(29(32)33)12-11-19(22(17)18)24(28)31/h3-13H,1-2H3. The van der Waals surface area contributed by atoms with Crippen LogP contribution in [0.4, 0.5) is 5.69 Å². The minimum absolute atomic E-state index is 0.160. The van der Waals surface area contributed by atoms with Gasteiger partial charge in [0.15, 0.2) is 0 Å². The van der Waals surface area contributed by atoms with Crippen molar-refractivity contribution in [3.8, 4) is 5.69 Å². The molecule has 0 N–H and O–H groups in total. The highest BCUT2D eigenvalue weighted by Crippen LogP contribution is 2.35. The second-order valence-corrected chi connectivity index (χ2v) is 7.62. The van der Waals surface area contributed by atoms with Crippen LogP contribution in [0.5, 0.6) is 0 Å². The van der Waals surface area contributed by atoms with E-state index in [-0.39, 0.29) is 27.6 Å². The Hall–Kier alpha value is -4.66. The number of nitrogens with zero attached hydrogens (tertiary/aromatic N) is 5. The predicted octanol–water partition coefficient (Wildman–Crippen LogP) is 4.18. The van der Waals surface area contributed by atoms with E-state index in [0.29, 0.717) is 11.3 Å². The SMILES string of the molecule is Cc1nn(-c2ccccc2)c(C)c1C=NN1C(=O)c2cccc3c([N+](=O)[O-])ccc(c23)C1=O. The summed E-state index contributed by atoms with van der Waals surface area (Å²) in [5.74, 6) is -1.28. The molecule has 0 radical (unpaired) electrons. The number of rotatable bonds is 4. The van der Waals surface area contributed by atoms with Crippen LogP contribution < -0.4 is 0 Å². The van der Waals surface area contributed by atoms with Crippen LogP contribution in [0.25, 0.3) is 16.5 Å². The van der Waals surface area contributed by atoms with E-state index >= 15 is 0 Å². The summed E-state index contributed by atoms with van der Waals surface area (Å²) in [5.41, 5.74) is 3.28. The smallest absolute Gasteiger partial charge is 0.267 e. The summed E-state index contributed by atoms with van der Waals surface area (Å²) in [6.07, 6.45) is 1.45. The maximum absolute atomic E-state index is 13.1. The third-order valence-corrected chi connectivity index (χ3v) is 5.71. The number of hydrogen-bond acceptors (Lipinski definition) is 6. The molecule has 0 bridgehead atoms. The topological polar surface area (TPSA) is 111 Å². The summed E-state index contributed by atoms with van der Waals surface area (Å²) in [5, 5.41) is 21.5. The van der Waals surface area contributed by atoms with Gasteiger partial charge in [0.1, 0.15) is 0 Å². The van der Waals surface area contributed by atoms with E-state index in [1.54, 1.807) is 10.7 Å². The van der Waals surface area contributed by atoms with E-state index in [2.05, 4.69) is 10.2 Å². The highest BCUT2D eigenvalue weighted by atomic mass is 16.6. The molecule has 0 aliphatic carbocycles. The second kappa shape index (κ2) is 7.49. The summed E-state index contributed by atoms with van der Waals surface area (Å²) in [6.45, 7) is 3.70. The van der Waals surface area contributed by atoms with Crippen molar-refractivity contribution in [1.29, 1.82) is 0 Å². The molecule has 1 aromatic heterocycles. The van der Waals surface area contributed by atoms with E-state index in [1.165, 1.54) is 30.5 Å². The van der Waals surface area contributed by atoms with Crippen LogP contribution in [-0.2, 0) is 0 Å². The summed E-state index contributed by atoms with van der Waals surface area (Å²) in [7, 11) is 0. The number of benzene rings is 3. The second-order valence-electron chi connectivity index (χ2n) is 7.62. The van der Waals surface area contributed by atoms with Crippen molar-refractivity contribution in [2.45, 2.75) is 13.8 Å². The maximum atomic E-state index is 13.1. The molecular formula is C24H17N5O4. The van der Waals surface area contributed by atoms with Crippen molar-refractivity contribution in [1.82, 2.24) is 14.8 Å². The molecule has 1 aliphatic heterocycles. The van der Waals surface area contributed by atoms with E-state index in [1.807, 2.05) is 44.2 Å². The highest BCUT2D eigenvalue weighted by Gasteiger charge is 2.34. The monoisotopic (exact) mass is 439 g/mol. The van der Waals surface area contributed by atoms with Crippen molar-refractivity contribution >= 4 is 34.5 Å². The summed E-state index contributed by atoms with van der Waals surface area (Å²) in [6, 6.07) is 16.9. The van der Waals surface area contributed by atoms with Crippen LogP contribution >= 0.6 is 0 Å². The van der Waals surface area contributed by atoms with Gasteiger partial charge in [-0.3, -0.25) is 19.7 Å². The summed E-state index contributed by atoms with van der Waals surface area (Å²) >= 11 is 0. The molecular weight excluding hydrogens is 422 g/mol. The van der Waals surface area contributed by atoms with Crippen molar-refractivity contribution < 1.29 is 14.5 Å². The van der Waals surface area contributed by atoms with Crippen LogP contribution in [0.2, 0.25) is 0 Å². The van der Waals surface area contributed by atoms with Gasteiger partial charge in [0, 0.05) is 17.0 Å². The number of nitro benzene ring substituents is 1. The molecule has 0 unspecified atom stereocenters. The number of para-hydroxylation sites is 1.